The first-order valence-electron chi connectivity index (χ1n) is 11.5. The van der Waals surface area contributed by atoms with E-state index < -0.39 is 0 Å². The SMILES string of the molecule is Cc1ccc(C2(c3ccc(C)cc3)SCSC2(c2ccc(C)cc2)c2ccc(C)cc2)cc1. The molecule has 2 heteroatoms. The first-order valence-corrected chi connectivity index (χ1v) is 13.5. The largest absolute Gasteiger partial charge is 0.132 e. The van der Waals surface area contributed by atoms with Crippen LogP contribution in [0.2, 0.25) is 0 Å². The molecule has 0 aliphatic carbocycles. The monoisotopic (exact) mass is 466 g/mol. The summed E-state index contributed by atoms with van der Waals surface area (Å²) in [6.07, 6.45) is 0. The smallest absolute Gasteiger partial charge is 0.0894 e. The van der Waals surface area contributed by atoms with E-state index in [-0.39, 0.29) is 9.49 Å². The first-order chi connectivity index (χ1) is 16.0. The fourth-order valence-electron chi connectivity index (χ4n) is 5.04. The van der Waals surface area contributed by atoms with Gasteiger partial charge in [-0.2, -0.15) is 0 Å². The Labute approximate surface area is 206 Å². The third-order valence-corrected chi connectivity index (χ3v) is 10.4. The van der Waals surface area contributed by atoms with Crippen LogP contribution >= 0.6 is 23.5 Å². The van der Waals surface area contributed by atoms with Crippen LogP contribution in [0, 0.1) is 27.7 Å². The van der Waals surface area contributed by atoms with Crippen LogP contribution in [0.15, 0.2) is 97.1 Å². The summed E-state index contributed by atoms with van der Waals surface area (Å²) >= 11 is 4.15. The van der Waals surface area contributed by atoms with Gasteiger partial charge in [-0.1, -0.05) is 119 Å². The van der Waals surface area contributed by atoms with Crippen LogP contribution in [-0.2, 0) is 9.49 Å². The summed E-state index contributed by atoms with van der Waals surface area (Å²) < 4.78 is -0.493. The molecule has 0 saturated carbocycles. The molecule has 0 amide bonds. The fourth-order valence-corrected chi connectivity index (χ4v) is 9.13. The third kappa shape index (κ3) is 3.64. The maximum Gasteiger partial charge on any atom is 0.0894 e. The number of rotatable bonds is 4. The molecule has 5 rings (SSSR count). The summed E-state index contributed by atoms with van der Waals surface area (Å²) in [6, 6.07) is 37.0. The molecule has 33 heavy (non-hydrogen) atoms. The van der Waals surface area contributed by atoms with E-state index in [1.165, 1.54) is 44.5 Å². The number of aryl methyl sites for hydroxylation is 4. The molecule has 1 fully saturated rings. The zero-order valence-corrected chi connectivity index (χ0v) is 21.4. The molecule has 1 heterocycles. The van der Waals surface area contributed by atoms with Crippen LogP contribution in [0.3, 0.4) is 0 Å². The van der Waals surface area contributed by atoms with Crippen molar-refractivity contribution in [3.8, 4) is 0 Å². The van der Waals surface area contributed by atoms with E-state index in [0.717, 1.165) is 5.08 Å². The molecule has 4 aromatic carbocycles. The van der Waals surface area contributed by atoms with Crippen LogP contribution in [-0.4, -0.2) is 5.08 Å². The molecule has 0 N–H and O–H groups in total. The minimum Gasteiger partial charge on any atom is -0.132 e. The van der Waals surface area contributed by atoms with Gasteiger partial charge in [-0.25, -0.2) is 0 Å². The van der Waals surface area contributed by atoms with Gasteiger partial charge in [0.25, 0.3) is 0 Å². The molecule has 0 atom stereocenters. The zero-order chi connectivity index (χ0) is 23.1. The van der Waals surface area contributed by atoms with Crippen molar-refractivity contribution in [3.05, 3.63) is 142 Å². The van der Waals surface area contributed by atoms with Gasteiger partial charge in [0.05, 0.1) is 9.49 Å². The van der Waals surface area contributed by atoms with Crippen LogP contribution in [0.4, 0.5) is 0 Å². The average molecular weight is 467 g/mol. The van der Waals surface area contributed by atoms with Crippen molar-refractivity contribution in [2.75, 3.05) is 5.08 Å². The minimum absolute atomic E-state index is 0.246. The van der Waals surface area contributed by atoms with E-state index in [1.807, 2.05) is 0 Å². The lowest BCUT2D eigenvalue weighted by Crippen LogP contribution is -2.43. The average Bonchev–Trinajstić information content (AvgIpc) is 3.23. The predicted molar refractivity (Wildman–Crippen MR) is 146 cm³/mol. The quantitative estimate of drug-likeness (QED) is 0.295. The Morgan fingerprint density at radius 2 is 0.606 bits per heavy atom. The Bertz CT molecular complexity index is 1040. The molecule has 0 spiro atoms. The van der Waals surface area contributed by atoms with Crippen molar-refractivity contribution in [2.45, 2.75) is 37.2 Å². The lowest BCUT2D eigenvalue weighted by atomic mass is 9.71. The molecule has 166 valence electrons. The number of hydrogen-bond acceptors (Lipinski definition) is 2. The molecule has 0 unspecified atom stereocenters. The minimum atomic E-state index is -0.246. The van der Waals surface area contributed by atoms with Gasteiger partial charge in [0.1, 0.15) is 0 Å². The van der Waals surface area contributed by atoms with Crippen molar-refractivity contribution in [1.29, 1.82) is 0 Å². The van der Waals surface area contributed by atoms with E-state index in [4.69, 9.17) is 0 Å². The number of benzene rings is 4. The summed E-state index contributed by atoms with van der Waals surface area (Å²) in [4.78, 5) is 0. The molecule has 1 saturated heterocycles. The lowest BCUT2D eigenvalue weighted by molar-refractivity contribution is 0.592. The van der Waals surface area contributed by atoms with E-state index in [9.17, 15) is 0 Å². The van der Waals surface area contributed by atoms with Crippen molar-refractivity contribution in [3.63, 3.8) is 0 Å². The second-order valence-electron chi connectivity index (χ2n) is 9.23. The van der Waals surface area contributed by atoms with Crippen molar-refractivity contribution >= 4 is 23.5 Å². The molecule has 0 bridgehead atoms. The van der Waals surface area contributed by atoms with Crippen LogP contribution in [0.25, 0.3) is 0 Å². The second kappa shape index (κ2) is 8.74. The molecule has 0 aromatic heterocycles. The summed E-state index contributed by atoms with van der Waals surface area (Å²) in [7, 11) is 0. The van der Waals surface area contributed by atoms with Gasteiger partial charge in [0.2, 0.25) is 0 Å². The van der Waals surface area contributed by atoms with Gasteiger partial charge >= 0.3 is 0 Å². The standard InChI is InChI=1S/C31H30S2/c1-22-5-13-26(14-6-22)30(27-15-7-23(2)8-16-27)31(33-21-32-30,28-17-9-24(3)10-18-28)29-19-11-25(4)12-20-29/h5-20H,21H2,1-4H3. The summed E-state index contributed by atoms with van der Waals surface area (Å²) in [5.41, 5.74) is 10.7. The Morgan fingerprint density at radius 1 is 0.394 bits per heavy atom. The number of hydrogen-bond donors (Lipinski definition) is 0. The summed E-state index contributed by atoms with van der Waals surface area (Å²) in [6.45, 7) is 8.69. The lowest BCUT2D eigenvalue weighted by Gasteiger charge is -2.46. The van der Waals surface area contributed by atoms with Gasteiger partial charge in [0.15, 0.2) is 0 Å². The fraction of sp³-hybridized carbons (Fsp3) is 0.226. The maximum absolute atomic E-state index is 2.35. The van der Waals surface area contributed by atoms with Gasteiger partial charge in [-0.3, -0.25) is 0 Å². The summed E-state index contributed by atoms with van der Waals surface area (Å²) in [5.74, 6) is 0. The van der Waals surface area contributed by atoms with Crippen LogP contribution < -0.4 is 0 Å². The Morgan fingerprint density at radius 3 is 0.818 bits per heavy atom. The number of thioether (sulfide) groups is 2. The van der Waals surface area contributed by atoms with Crippen LogP contribution in [0.5, 0.6) is 0 Å². The molecular weight excluding hydrogens is 436 g/mol. The van der Waals surface area contributed by atoms with Crippen molar-refractivity contribution in [1.82, 2.24) is 0 Å². The Hall–Kier alpha value is -2.42. The van der Waals surface area contributed by atoms with Crippen molar-refractivity contribution in [2.24, 2.45) is 0 Å². The van der Waals surface area contributed by atoms with E-state index >= 15 is 0 Å². The van der Waals surface area contributed by atoms with Crippen LogP contribution in [0.1, 0.15) is 44.5 Å². The zero-order valence-electron chi connectivity index (χ0n) is 19.8. The molecule has 1 aliphatic rings. The highest BCUT2D eigenvalue weighted by molar-refractivity contribution is 8.20. The third-order valence-electron chi connectivity index (χ3n) is 6.88. The van der Waals surface area contributed by atoms with Gasteiger partial charge in [0, 0.05) is 5.08 Å². The predicted octanol–water partition coefficient (Wildman–Crippen LogP) is 8.55. The van der Waals surface area contributed by atoms with Gasteiger partial charge in [-0.05, 0) is 49.9 Å². The molecular formula is C31H30S2. The highest BCUT2D eigenvalue weighted by Crippen LogP contribution is 2.69. The maximum atomic E-state index is 2.35. The first kappa shape index (κ1) is 22.4. The normalized spacial score (nSPS) is 16.6. The highest BCUT2D eigenvalue weighted by Gasteiger charge is 2.60. The van der Waals surface area contributed by atoms with E-state index in [2.05, 4.69) is 148 Å². The van der Waals surface area contributed by atoms with E-state index in [1.54, 1.807) is 0 Å². The topological polar surface area (TPSA) is 0 Å². The highest BCUT2D eigenvalue weighted by atomic mass is 32.2. The Balaban J connectivity index is 1.89. The van der Waals surface area contributed by atoms with Gasteiger partial charge in [-0.15, -0.1) is 23.5 Å². The molecule has 4 aromatic rings. The van der Waals surface area contributed by atoms with E-state index in [0.29, 0.717) is 0 Å². The molecule has 0 radical (unpaired) electrons. The van der Waals surface area contributed by atoms with Gasteiger partial charge < -0.3 is 0 Å². The van der Waals surface area contributed by atoms with Crippen molar-refractivity contribution < 1.29 is 0 Å². The second-order valence-corrected chi connectivity index (χ2v) is 12.0. The Kier molecular flexibility index (Phi) is 5.93. The summed E-state index contributed by atoms with van der Waals surface area (Å²) in [5, 5.41) is 1.03. The molecule has 1 aliphatic heterocycles. The molecule has 0 nitrogen and oxygen atoms in total.